The molecule has 0 aliphatic carbocycles. The van der Waals surface area contributed by atoms with E-state index in [1.165, 1.54) is 0 Å². The molecule has 1 unspecified atom stereocenters. The SMILES string of the molecule is CC(COc1ccsc1CN)CN(C)C. The molecule has 4 heteroatoms. The van der Waals surface area contributed by atoms with Crippen molar-refractivity contribution in [2.75, 3.05) is 27.2 Å². The summed E-state index contributed by atoms with van der Waals surface area (Å²) in [5, 5.41) is 2.02. The zero-order chi connectivity index (χ0) is 11.3. The first kappa shape index (κ1) is 12.5. The zero-order valence-electron chi connectivity index (χ0n) is 9.69. The van der Waals surface area contributed by atoms with Gasteiger partial charge in [-0.3, -0.25) is 0 Å². The third kappa shape index (κ3) is 4.20. The van der Waals surface area contributed by atoms with Crippen molar-refractivity contribution in [1.29, 1.82) is 0 Å². The van der Waals surface area contributed by atoms with Gasteiger partial charge in [0.25, 0.3) is 0 Å². The molecular weight excluding hydrogens is 208 g/mol. The molecule has 86 valence electrons. The average Bonchev–Trinajstić information content (AvgIpc) is 2.60. The van der Waals surface area contributed by atoms with Crippen LogP contribution in [0.4, 0.5) is 0 Å². The van der Waals surface area contributed by atoms with Gasteiger partial charge in [-0.05, 0) is 25.5 Å². The first-order valence-corrected chi connectivity index (χ1v) is 6.05. The van der Waals surface area contributed by atoms with Crippen LogP contribution in [0.15, 0.2) is 11.4 Å². The van der Waals surface area contributed by atoms with Crippen LogP contribution in [0.25, 0.3) is 0 Å². The summed E-state index contributed by atoms with van der Waals surface area (Å²) in [4.78, 5) is 3.30. The van der Waals surface area contributed by atoms with Crippen molar-refractivity contribution in [3.05, 3.63) is 16.3 Å². The molecule has 0 amide bonds. The summed E-state index contributed by atoms with van der Waals surface area (Å²) < 4.78 is 5.73. The van der Waals surface area contributed by atoms with E-state index >= 15 is 0 Å². The van der Waals surface area contributed by atoms with Crippen molar-refractivity contribution in [3.63, 3.8) is 0 Å². The fourth-order valence-corrected chi connectivity index (χ4v) is 2.21. The van der Waals surface area contributed by atoms with Gasteiger partial charge in [-0.2, -0.15) is 0 Å². The van der Waals surface area contributed by atoms with Gasteiger partial charge >= 0.3 is 0 Å². The topological polar surface area (TPSA) is 38.5 Å². The largest absolute Gasteiger partial charge is 0.492 e. The van der Waals surface area contributed by atoms with Crippen LogP contribution in [0.1, 0.15) is 11.8 Å². The molecule has 1 aromatic heterocycles. The maximum atomic E-state index is 5.73. The van der Waals surface area contributed by atoms with E-state index < -0.39 is 0 Å². The molecule has 0 saturated carbocycles. The van der Waals surface area contributed by atoms with Gasteiger partial charge in [-0.1, -0.05) is 6.92 Å². The number of thiophene rings is 1. The van der Waals surface area contributed by atoms with E-state index in [4.69, 9.17) is 10.5 Å². The molecule has 0 radical (unpaired) electrons. The van der Waals surface area contributed by atoms with Crippen LogP contribution in [0.2, 0.25) is 0 Å². The minimum Gasteiger partial charge on any atom is -0.492 e. The summed E-state index contributed by atoms with van der Waals surface area (Å²) in [6.45, 7) is 4.55. The van der Waals surface area contributed by atoms with Crippen molar-refractivity contribution in [2.24, 2.45) is 11.7 Å². The maximum Gasteiger partial charge on any atom is 0.134 e. The molecule has 0 aliphatic heterocycles. The van der Waals surface area contributed by atoms with Gasteiger partial charge in [0.05, 0.1) is 11.5 Å². The number of nitrogens with two attached hydrogens (primary N) is 1. The number of hydrogen-bond donors (Lipinski definition) is 1. The van der Waals surface area contributed by atoms with Gasteiger partial charge in [0.2, 0.25) is 0 Å². The van der Waals surface area contributed by atoms with Gasteiger partial charge in [0.1, 0.15) is 5.75 Å². The van der Waals surface area contributed by atoms with Gasteiger partial charge in [0.15, 0.2) is 0 Å². The molecule has 2 N–H and O–H groups in total. The summed E-state index contributed by atoms with van der Waals surface area (Å²) in [6, 6.07) is 2.00. The highest BCUT2D eigenvalue weighted by Gasteiger charge is 2.07. The average molecular weight is 228 g/mol. The monoisotopic (exact) mass is 228 g/mol. The number of nitrogens with zero attached hydrogens (tertiary/aromatic N) is 1. The van der Waals surface area contributed by atoms with E-state index in [-0.39, 0.29) is 0 Å². The van der Waals surface area contributed by atoms with E-state index in [1.54, 1.807) is 11.3 Å². The van der Waals surface area contributed by atoms with Crippen molar-refractivity contribution >= 4 is 11.3 Å². The first-order valence-electron chi connectivity index (χ1n) is 5.17. The molecule has 0 fully saturated rings. The van der Waals surface area contributed by atoms with Crippen LogP contribution in [0, 0.1) is 5.92 Å². The molecule has 0 aliphatic rings. The van der Waals surface area contributed by atoms with Crippen LogP contribution < -0.4 is 10.5 Å². The molecule has 1 aromatic rings. The Balaban J connectivity index is 2.36. The molecule has 1 heterocycles. The third-order valence-electron chi connectivity index (χ3n) is 2.09. The molecule has 0 aromatic carbocycles. The fourth-order valence-electron chi connectivity index (χ4n) is 1.51. The lowest BCUT2D eigenvalue weighted by molar-refractivity contribution is 0.221. The zero-order valence-corrected chi connectivity index (χ0v) is 10.5. The van der Waals surface area contributed by atoms with Gasteiger partial charge in [-0.15, -0.1) is 11.3 Å². The Morgan fingerprint density at radius 1 is 1.53 bits per heavy atom. The number of hydrogen-bond acceptors (Lipinski definition) is 4. The summed E-state index contributed by atoms with van der Waals surface area (Å²) in [6.07, 6.45) is 0. The Morgan fingerprint density at radius 3 is 2.87 bits per heavy atom. The van der Waals surface area contributed by atoms with E-state index in [0.29, 0.717) is 12.5 Å². The Bertz CT molecular complexity index is 286. The second-order valence-electron chi connectivity index (χ2n) is 4.09. The molecule has 0 bridgehead atoms. The second kappa shape index (κ2) is 6.10. The van der Waals surface area contributed by atoms with Crippen molar-refractivity contribution in [3.8, 4) is 5.75 Å². The number of rotatable bonds is 6. The van der Waals surface area contributed by atoms with Gasteiger partial charge in [-0.25, -0.2) is 0 Å². The van der Waals surface area contributed by atoms with E-state index in [0.717, 1.165) is 23.8 Å². The van der Waals surface area contributed by atoms with Crippen LogP contribution in [0.5, 0.6) is 5.75 Å². The van der Waals surface area contributed by atoms with E-state index in [2.05, 4.69) is 25.9 Å². The standard InChI is InChI=1S/C11H20N2OS/c1-9(7-13(2)3)8-14-10-4-5-15-11(10)6-12/h4-5,9H,6-8,12H2,1-3H3. The molecule has 1 rings (SSSR count). The van der Waals surface area contributed by atoms with Crippen LogP contribution in [-0.4, -0.2) is 32.1 Å². The van der Waals surface area contributed by atoms with Gasteiger partial charge in [0, 0.05) is 19.0 Å². The molecule has 15 heavy (non-hydrogen) atoms. The van der Waals surface area contributed by atoms with Crippen LogP contribution in [0.3, 0.4) is 0 Å². The van der Waals surface area contributed by atoms with E-state index in [9.17, 15) is 0 Å². The van der Waals surface area contributed by atoms with Gasteiger partial charge < -0.3 is 15.4 Å². The minimum atomic E-state index is 0.533. The Hall–Kier alpha value is -0.580. The Morgan fingerprint density at radius 2 is 2.27 bits per heavy atom. The number of ether oxygens (including phenoxy) is 1. The Kier molecular flexibility index (Phi) is 5.08. The minimum absolute atomic E-state index is 0.533. The quantitative estimate of drug-likeness (QED) is 0.806. The molecule has 0 spiro atoms. The van der Waals surface area contributed by atoms with Crippen molar-refractivity contribution < 1.29 is 4.74 Å². The maximum absolute atomic E-state index is 5.73. The molecule has 1 atom stereocenters. The lowest BCUT2D eigenvalue weighted by Crippen LogP contribution is -2.24. The smallest absolute Gasteiger partial charge is 0.134 e. The second-order valence-corrected chi connectivity index (χ2v) is 5.09. The predicted molar refractivity (Wildman–Crippen MR) is 65.4 cm³/mol. The molecule has 0 saturated heterocycles. The van der Waals surface area contributed by atoms with Crippen molar-refractivity contribution in [1.82, 2.24) is 4.90 Å². The van der Waals surface area contributed by atoms with Crippen molar-refractivity contribution in [2.45, 2.75) is 13.5 Å². The van der Waals surface area contributed by atoms with Crippen LogP contribution in [-0.2, 0) is 6.54 Å². The molecule has 3 nitrogen and oxygen atoms in total. The summed E-state index contributed by atoms with van der Waals surface area (Å²) in [5.41, 5.74) is 5.60. The lowest BCUT2D eigenvalue weighted by Gasteiger charge is -2.17. The third-order valence-corrected chi connectivity index (χ3v) is 3.01. The highest BCUT2D eigenvalue weighted by atomic mass is 32.1. The van der Waals surface area contributed by atoms with E-state index in [1.807, 2.05) is 11.4 Å². The first-order chi connectivity index (χ1) is 7.13. The summed E-state index contributed by atoms with van der Waals surface area (Å²) >= 11 is 1.65. The highest BCUT2D eigenvalue weighted by molar-refractivity contribution is 7.10. The molecular formula is C11H20N2OS. The van der Waals surface area contributed by atoms with Crippen LogP contribution >= 0.6 is 11.3 Å². The fraction of sp³-hybridized carbons (Fsp3) is 0.636. The summed E-state index contributed by atoms with van der Waals surface area (Å²) in [7, 11) is 4.15. The normalized spacial score (nSPS) is 13.1. The predicted octanol–water partition coefficient (Wildman–Crippen LogP) is 1.78. The Labute approximate surface area is 95.8 Å². The highest BCUT2D eigenvalue weighted by Crippen LogP contribution is 2.24. The lowest BCUT2D eigenvalue weighted by atomic mass is 10.2. The summed E-state index contributed by atoms with van der Waals surface area (Å²) in [5.74, 6) is 1.48.